The lowest BCUT2D eigenvalue weighted by molar-refractivity contribution is -0.125. The number of urea groups is 1. The number of hydrogen-bond acceptors (Lipinski definition) is 6. The van der Waals surface area contributed by atoms with Gasteiger partial charge >= 0.3 is 6.03 Å². The van der Waals surface area contributed by atoms with Crippen LogP contribution < -0.4 is 10.6 Å². The fourth-order valence-corrected chi connectivity index (χ4v) is 3.36. The standard InChI is InChI=1S/C20H26FN5O3/c1-12(2)22-20(28)24-18(27)13(3)26-10-4-5-15(11-26)19-23-17(25-29-19)14-6-8-16(21)9-7-14/h6-9,12-13,15H,4-5,10-11H2,1-3H3,(H2,22,24,27,28). The van der Waals surface area contributed by atoms with Crippen LogP contribution in [0.3, 0.4) is 0 Å². The van der Waals surface area contributed by atoms with Crippen LogP contribution in [0.25, 0.3) is 11.4 Å². The molecule has 1 aliphatic heterocycles. The Kier molecular flexibility index (Phi) is 6.58. The molecular formula is C20H26FN5O3. The first kappa shape index (κ1) is 20.9. The van der Waals surface area contributed by atoms with E-state index in [2.05, 4.69) is 20.8 Å². The fourth-order valence-electron chi connectivity index (χ4n) is 3.36. The fraction of sp³-hybridized carbons (Fsp3) is 0.500. The zero-order valence-corrected chi connectivity index (χ0v) is 16.8. The van der Waals surface area contributed by atoms with Crippen molar-refractivity contribution in [1.82, 2.24) is 25.7 Å². The second-order valence-electron chi connectivity index (χ2n) is 7.59. The topological polar surface area (TPSA) is 100 Å². The van der Waals surface area contributed by atoms with Crippen molar-refractivity contribution in [3.63, 3.8) is 0 Å². The Bertz CT molecular complexity index is 852. The molecule has 1 aliphatic rings. The van der Waals surface area contributed by atoms with Crippen LogP contribution in [0.5, 0.6) is 0 Å². The molecule has 2 N–H and O–H groups in total. The van der Waals surface area contributed by atoms with E-state index >= 15 is 0 Å². The summed E-state index contributed by atoms with van der Waals surface area (Å²) < 4.78 is 18.5. The number of nitrogens with zero attached hydrogens (tertiary/aromatic N) is 3. The molecule has 0 spiro atoms. The Labute approximate surface area is 168 Å². The summed E-state index contributed by atoms with van der Waals surface area (Å²) in [6.07, 6.45) is 1.73. The lowest BCUT2D eigenvalue weighted by Gasteiger charge is -2.34. The Morgan fingerprint density at radius 3 is 2.66 bits per heavy atom. The van der Waals surface area contributed by atoms with E-state index in [0.29, 0.717) is 23.8 Å². The van der Waals surface area contributed by atoms with Crippen LogP contribution in [-0.2, 0) is 4.79 Å². The molecule has 3 amide bonds. The number of nitrogens with one attached hydrogen (secondary N) is 2. The summed E-state index contributed by atoms with van der Waals surface area (Å²) in [5.74, 6) is 0.230. The van der Waals surface area contributed by atoms with Gasteiger partial charge in [0.25, 0.3) is 0 Å². The maximum atomic E-state index is 13.1. The third-order valence-corrected chi connectivity index (χ3v) is 4.93. The summed E-state index contributed by atoms with van der Waals surface area (Å²) >= 11 is 0. The lowest BCUT2D eigenvalue weighted by Crippen LogP contribution is -2.52. The number of carbonyl (C=O) groups is 2. The summed E-state index contributed by atoms with van der Waals surface area (Å²) in [5, 5.41) is 9.03. The molecule has 29 heavy (non-hydrogen) atoms. The van der Waals surface area contributed by atoms with Crippen LogP contribution >= 0.6 is 0 Å². The molecule has 1 aromatic carbocycles. The van der Waals surface area contributed by atoms with Gasteiger partial charge in [0.1, 0.15) is 5.82 Å². The van der Waals surface area contributed by atoms with Gasteiger partial charge in [-0.25, -0.2) is 9.18 Å². The van der Waals surface area contributed by atoms with Crippen molar-refractivity contribution in [1.29, 1.82) is 0 Å². The first-order chi connectivity index (χ1) is 13.8. The van der Waals surface area contributed by atoms with Crippen LogP contribution in [0, 0.1) is 5.82 Å². The largest absolute Gasteiger partial charge is 0.339 e. The molecule has 2 unspecified atom stereocenters. The van der Waals surface area contributed by atoms with Gasteiger partial charge in [0, 0.05) is 18.2 Å². The molecule has 1 fully saturated rings. The van der Waals surface area contributed by atoms with Crippen molar-refractivity contribution in [2.45, 2.75) is 51.6 Å². The summed E-state index contributed by atoms with van der Waals surface area (Å²) in [6, 6.07) is 4.90. The number of benzene rings is 1. The predicted octanol–water partition coefficient (Wildman–Crippen LogP) is 2.68. The molecule has 8 nitrogen and oxygen atoms in total. The van der Waals surface area contributed by atoms with E-state index in [-0.39, 0.29) is 23.7 Å². The van der Waals surface area contributed by atoms with Gasteiger partial charge < -0.3 is 9.84 Å². The van der Waals surface area contributed by atoms with E-state index in [1.54, 1.807) is 19.1 Å². The molecule has 0 radical (unpaired) electrons. The Morgan fingerprint density at radius 2 is 1.97 bits per heavy atom. The molecule has 1 aromatic heterocycles. The van der Waals surface area contributed by atoms with Gasteiger partial charge in [-0.15, -0.1) is 0 Å². The molecule has 3 rings (SSSR count). The maximum absolute atomic E-state index is 13.1. The van der Waals surface area contributed by atoms with Gasteiger partial charge in [0.05, 0.1) is 12.0 Å². The van der Waals surface area contributed by atoms with Crippen LogP contribution in [-0.4, -0.2) is 52.2 Å². The predicted molar refractivity (Wildman–Crippen MR) is 105 cm³/mol. The second kappa shape index (κ2) is 9.13. The molecular weight excluding hydrogens is 377 g/mol. The number of halogens is 1. The van der Waals surface area contributed by atoms with Crippen molar-refractivity contribution in [3.8, 4) is 11.4 Å². The summed E-state index contributed by atoms with van der Waals surface area (Å²) in [6.45, 7) is 6.75. The van der Waals surface area contributed by atoms with E-state index < -0.39 is 12.1 Å². The van der Waals surface area contributed by atoms with Crippen LogP contribution in [0.2, 0.25) is 0 Å². The van der Waals surface area contributed by atoms with Crippen LogP contribution in [0.1, 0.15) is 45.4 Å². The molecule has 0 aliphatic carbocycles. The zero-order chi connectivity index (χ0) is 21.0. The van der Waals surface area contributed by atoms with Gasteiger partial charge in [-0.2, -0.15) is 4.98 Å². The first-order valence-corrected chi connectivity index (χ1v) is 9.78. The Morgan fingerprint density at radius 1 is 1.24 bits per heavy atom. The smallest absolute Gasteiger partial charge is 0.321 e. The number of piperidine rings is 1. The molecule has 2 atom stereocenters. The Balaban J connectivity index is 1.62. The third kappa shape index (κ3) is 5.38. The maximum Gasteiger partial charge on any atom is 0.321 e. The van der Waals surface area contributed by atoms with Crippen molar-refractivity contribution in [2.75, 3.05) is 13.1 Å². The van der Waals surface area contributed by atoms with Gasteiger partial charge in [0.15, 0.2) is 0 Å². The minimum absolute atomic E-state index is 0.00908. The average molecular weight is 403 g/mol. The van der Waals surface area contributed by atoms with Gasteiger partial charge in [-0.1, -0.05) is 5.16 Å². The van der Waals surface area contributed by atoms with Crippen LogP contribution in [0.15, 0.2) is 28.8 Å². The van der Waals surface area contributed by atoms with E-state index in [0.717, 1.165) is 19.4 Å². The highest BCUT2D eigenvalue weighted by atomic mass is 19.1. The Hall–Kier alpha value is -2.81. The highest BCUT2D eigenvalue weighted by molar-refractivity contribution is 5.96. The third-order valence-electron chi connectivity index (χ3n) is 4.93. The van der Waals surface area contributed by atoms with E-state index in [1.807, 2.05) is 18.7 Å². The summed E-state index contributed by atoms with van der Waals surface area (Å²) in [7, 11) is 0. The van der Waals surface area contributed by atoms with E-state index in [9.17, 15) is 14.0 Å². The van der Waals surface area contributed by atoms with Gasteiger partial charge in [-0.3, -0.25) is 15.0 Å². The quantitative estimate of drug-likeness (QED) is 0.796. The zero-order valence-electron chi connectivity index (χ0n) is 16.8. The first-order valence-electron chi connectivity index (χ1n) is 9.78. The normalized spacial score (nSPS) is 18.4. The van der Waals surface area contributed by atoms with Crippen molar-refractivity contribution < 1.29 is 18.5 Å². The highest BCUT2D eigenvalue weighted by Crippen LogP contribution is 2.28. The SMILES string of the molecule is CC(C)NC(=O)NC(=O)C(C)N1CCCC(c2nc(-c3ccc(F)cc3)no2)C1. The minimum atomic E-state index is -0.494. The molecule has 156 valence electrons. The molecule has 0 bridgehead atoms. The number of hydrogen-bond donors (Lipinski definition) is 2. The van der Waals surface area contributed by atoms with Crippen molar-refractivity contribution in [2.24, 2.45) is 0 Å². The van der Waals surface area contributed by atoms with Crippen molar-refractivity contribution >= 4 is 11.9 Å². The number of aromatic nitrogens is 2. The molecule has 0 saturated carbocycles. The minimum Gasteiger partial charge on any atom is -0.339 e. The van der Waals surface area contributed by atoms with Crippen molar-refractivity contribution in [3.05, 3.63) is 36.0 Å². The number of rotatable bonds is 5. The number of likely N-dealkylation sites (tertiary alicyclic amines) is 1. The number of amides is 3. The monoisotopic (exact) mass is 403 g/mol. The van der Waals surface area contributed by atoms with Crippen LogP contribution in [0.4, 0.5) is 9.18 Å². The molecule has 1 saturated heterocycles. The number of carbonyl (C=O) groups excluding carboxylic acids is 2. The van der Waals surface area contributed by atoms with E-state index in [1.165, 1.54) is 12.1 Å². The average Bonchev–Trinajstić information content (AvgIpc) is 3.17. The van der Waals surface area contributed by atoms with E-state index in [4.69, 9.17) is 4.52 Å². The molecule has 2 heterocycles. The second-order valence-corrected chi connectivity index (χ2v) is 7.59. The van der Waals surface area contributed by atoms with Gasteiger partial charge in [0.2, 0.25) is 17.6 Å². The summed E-state index contributed by atoms with van der Waals surface area (Å²) in [4.78, 5) is 30.6. The molecule has 2 aromatic rings. The summed E-state index contributed by atoms with van der Waals surface area (Å²) in [5.41, 5.74) is 0.679. The lowest BCUT2D eigenvalue weighted by atomic mass is 9.96. The number of imide groups is 1. The molecule has 9 heteroatoms. The highest BCUT2D eigenvalue weighted by Gasteiger charge is 2.31. The van der Waals surface area contributed by atoms with Gasteiger partial charge in [-0.05, 0) is 64.4 Å².